The quantitative estimate of drug-likeness (QED) is 0.796. The van der Waals surface area contributed by atoms with E-state index in [0.717, 1.165) is 28.1 Å². The summed E-state index contributed by atoms with van der Waals surface area (Å²) < 4.78 is 25.1. The lowest BCUT2D eigenvalue weighted by Crippen LogP contribution is -2.09. The summed E-state index contributed by atoms with van der Waals surface area (Å²) in [5, 5.41) is 2.83. The van der Waals surface area contributed by atoms with Gasteiger partial charge in [-0.05, 0) is 24.3 Å². The molecule has 0 unspecified atom stereocenters. The molecule has 0 radical (unpaired) electrons. The molecule has 0 aliphatic heterocycles. The average molecular weight is 331 g/mol. The van der Waals surface area contributed by atoms with E-state index in [1.54, 1.807) is 30.6 Å². The lowest BCUT2D eigenvalue weighted by molar-refractivity contribution is 0.607. The smallest absolute Gasteiger partial charge is 0.229 e. The van der Waals surface area contributed by atoms with Gasteiger partial charge in [0, 0.05) is 34.6 Å². The summed E-state index contributed by atoms with van der Waals surface area (Å²) >= 11 is 1.53. The van der Waals surface area contributed by atoms with E-state index >= 15 is 0 Å². The van der Waals surface area contributed by atoms with E-state index in [4.69, 9.17) is 0 Å². The summed E-state index contributed by atoms with van der Waals surface area (Å²) in [5.41, 5.74) is 3.15. The van der Waals surface area contributed by atoms with Crippen molar-refractivity contribution < 1.29 is 8.42 Å². The number of pyridine rings is 1. The van der Waals surface area contributed by atoms with Crippen LogP contribution in [-0.2, 0) is 10.0 Å². The largest absolute Gasteiger partial charge is 0.284 e. The Balaban J connectivity index is 1.92. The summed E-state index contributed by atoms with van der Waals surface area (Å²) in [6.07, 6.45) is 4.62. The van der Waals surface area contributed by atoms with Crippen LogP contribution in [0.25, 0.3) is 21.8 Å². The molecule has 112 valence electrons. The van der Waals surface area contributed by atoms with Gasteiger partial charge in [0.25, 0.3) is 0 Å². The van der Waals surface area contributed by atoms with E-state index < -0.39 is 10.0 Å². The van der Waals surface area contributed by atoms with Crippen LogP contribution < -0.4 is 4.72 Å². The lowest BCUT2D eigenvalue weighted by Gasteiger charge is -2.05. The van der Waals surface area contributed by atoms with Crippen molar-refractivity contribution in [1.29, 1.82) is 0 Å². The number of rotatable bonds is 4. The van der Waals surface area contributed by atoms with Gasteiger partial charge in [0.2, 0.25) is 10.0 Å². The number of anilines is 1. The number of nitrogens with zero attached hydrogens (tertiary/aromatic N) is 2. The van der Waals surface area contributed by atoms with Crippen molar-refractivity contribution in [1.82, 2.24) is 9.97 Å². The molecule has 1 N–H and O–H groups in total. The van der Waals surface area contributed by atoms with Crippen LogP contribution in [-0.4, -0.2) is 24.6 Å². The molecule has 0 saturated carbocycles. The van der Waals surface area contributed by atoms with Crippen LogP contribution in [0, 0.1) is 0 Å². The first-order valence-corrected chi connectivity index (χ1v) is 9.22. The topological polar surface area (TPSA) is 72.0 Å². The SMILES string of the molecule is CS(=O)(=O)Nc1cccc(-c2csc(-c3cccnc3)n2)c1. The molecule has 7 heteroatoms. The number of benzene rings is 1. The second-order valence-corrected chi connectivity index (χ2v) is 7.34. The summed E-state index contributed by atoms with van der Waals surface area (Å²) in [7, 11) is -3.29. The fourth-order valence-electron chi connectivity index (χ4n) is 1.98. The second kappa shape index (κ2) is 5.86. The van der Waals surface area contributed by atoms with Crippen LogP contribution >= 0.6 is 11.3 Å². The van der Waals surface area contributed by atoms with Crippen LogP contribution in [0.5, 0.6) is 0 Å². The highest BCUT2D eigenvalue weighted by molar-refractivity contribution is 7.92. The van der Waals surface area contributed by atoms with Crippen molar-refractivity contribution in [3.05, 3.63) is 54.2 Å². The van der Waals surface area contributed by atoms with Crippen LogP contribution in [0.3, 0.4) is 0 Å². The van der Waals surface area contributed by atoms with Crippen molar-refractivity contribution in [2.75, 3.05) is 11.0 Å². The summed E-state index contributed by atoms with van der Waals surface area (Å²) in [6, 6.07) is 11.0. The third-order valence-electron chi connectivity index (χ3n) is 2.87. The van der Waals surface area contributed by atoms with Crippen molar-refractivity contribution in [2.45, 2.75) is 0 Å². The summed E-state index contributed by atoms with van der Waals surface area (Å²) in [4.78, 5) is 8.68. The van der Waals surface area contributed by atoms with Gasteiger partial charge in [-0.15, -0.1) is 11.3 Å². The third-order valence-corrected chi connectivity index (χ3v) is 4.37. The van der Waals surface area contributed by atoms with E-state index in [-0.39, 0.29) is 0 Å². The van der Waals surface area contributed by atoms with Gasteiger partial charge in [-0.25, -0.2) is 13.4 Å². The minimum absolute atomic E-state index is 0.524. The maximum atomic E-state index is 11.3. The predicted octanol–water partition coefficient (Wildman–Crippen LogP) is 3.24. The van der Waals surface area contributed by atoms with Crippen LogP contribution in [0.2, 0.25) is 0 Å². The molecule has 2 heterocycles. The first-order valence-electron chi connectivity index (χ1n) is 6.45. The highest BCUT2D eigenvalue weighted by Gasteiger charge is 2.08. The molecule has 0 bridgehead atoms. The number of sulfonamides is 1. The van der Waals surface area contributed by atoms with Gasteiger partial charge in [-0.1, -0.05) is 12.1 Å². The van der Waals surface area contributed by atoms with Crippen molar-refractivity contribution in [3.63, 3.8) is 0 Å². The van der Waals surface area contributed by atoms with E-state index in [9.17, 15) is 8.42 Å². The highest BCUT2D eigenvalue weighted by atomic mass is 32.2. The van der Waals surface area contributed by atoms with Crippen LogP contribution in [0.4, 0.5) is 5.69 Å². The van der Waals surface area contributed by atoms with Gasteiger partial charge in [-0.3, -0.25) is 9.71 Å². The molecule has 1 aromatic carbocycles. The third kappa shape index (κ3) is 3.49. The molecule has 5 nitrogen and oxygen atoms in total. The van der Waals surface area contributed by atoms with E-state index in [1.165, 1.54) is 11.3 Å². The van der Waals surface area contributed by atoms with E-state index in [0.29, 0.717) is 5.69 Å². The molecule has 3 rings (SSSR count). The van der Waals surface area contributed by atoms with Crippen LogP contribution in [0.15, 0.2) is 54.2 Å². The highest BCUT2D eigenvalue weighted by Crippen LogP contribution is 2.29. The Labute approximate surface area is 132 Å². The minimum atomic E-state index is -3.29. The van der Waals surface area contributed by atoms with Gasteiger partial charge < -0.3 is 0 Å². The molecule has 3 aromatic rings. The normalized spacial score (nSPS) is 11.3. The van der Waals surface area contributed by atoms with Crippen molar-refractivity contribution in [3.8, 4) is 21.8 Å². The van der Waals surface area contributed by atoms with Gasteiger partial charge in [-0.2, -0.15) is 0 Å². The van der Waals surface area contributed by atoms with Crippen molar-refractivity contribution in [2.24, 2.45) is 0 Å². The maximum Gasteiger partial charge on any atom is 0.229 e. The first-order chi connectivity index (χ1) is 10.5. The summed E-state index contributed by atoms with van der Waals surface area (Å²) in [6.45, 7) is 0. The number of nitrogens with one attached hydrogen (secondary N) is 1. The number of aromatic nitrogens is 2. The zero-order valence-electron chi connectivity index (χ0n) is 11.7. The fourth-order valence-corrected chi connectivity index (χ4v) is 3.36. The Morgan fingerprint density at radius 3 is 2.68 bits per heavy atom. The molecule has 22 heavy (non-hydrogen) atoms. The molecule has 0 saturated heterocycles. The molecule has 2 aromatic heterocycles. The Hall–Kier alpha value is -2.25. The molecule has 0 atom stereocenters. The van der Waals surface area contributed by atoms with Crippen molar-refractivity contribution >= 4 is 27.0 Å². The second-order valence-electron chi connectivity index (χ2n) is 4.73. The van der Waals surface area contributed by atoms with Gasteiger partial charge in [0.1, 0.15) is 5.01 Å². The molecule has 0 spiro atoms. The van der Waals surface area contributed by atoms with Gasteiger partial charge in [0.05, 0.1) is 11.9 Å². The molecule has 0 aliphatic rings. The maximum absolute atomic E-state index is 11.3. The van der Waals surface area contributed by atoms with E-state index in [1.807, 2.05) is 23.6 Å². The molecule has 0 fully saturated rings. The zero-order valence-corrected chi connectivity index (χ0v) is 13.4. The zero-order chi connectivity index (χ0) is 15.6. The first kappa shape index (κ1) is 14.7. The predicted molar refractivity (Wildman–Crippen MR) is 89.2 cm³/mol. The number of hydrogen-bond donors (Lipinski definition) is 1. The number of hydrogen-bond acceptors (Lipinski definition) is 5. The standard InChI is InChI=1S/C15H13N3O2S2/c1-22(19,20)18-13-6-2-4-11(8-13)14-10-21-15(17-14)12-5-3-7-16-9-12/h2-10,18H,1H3. The average Bonchev–Trinajstić information content (AvgIpc) is 2.96. The van der Waals surface area contributed by atoms with Crippen LogP contribution in [0.1, 0.15) is 0 Å². The van der Waals surface area contributed by atoms with Gasteiger partial charge in [0.15, 0.2) is 0 Å². The molecule has 0 aliphatic carbocycles. The summed E-state index contributed by atoms with van der Waals surface area (Å²) in [5.74, 6) is 0. The monoisotopic (exact) mass is 331 g/mol. The van der Waals surface area contributed by atoms with Gasteiger partial charge >= 0.3 is 0 Å². The molecular weight excluding hydrogens is 318 g/mol. The lowest BCUT2D eigenvalue weighted by atomic mass is 10.1. The molecule has 0 amide bonds. The van der Waals surface area contributed by atoms with E-state index in [2.05, 4.69) is 14.7 Å². The Kier molecular flexibility index (Phi) is 3.91. The minimum Gasteiger partial charge on any atom is -0.284 e. The Morgan fingerprint density at radius 2 is 1.95 bits per heavy atom. The number of thiazole rings is 1. The Morgan fingerprint density at radius 1 is 1.14 bits per heavy atom. The Bertz CT molecular complexity index is 890. The fraction of sp³-hybridized carbons (Fsp3) is 0.0667. The molecular formula is C15H13N3O2S2.